The molecule has 0 aliphatic heterocycles. The maximum absolute atomic E-state index is 12.3. The first-order valence-electron chi connectivity index (χ1n) is 6.87. The maximum Gasteiger partial charge on any atom is 0.226 e. The fourth-order valence-electron chi connectivity index (χ4n) is 2.13. The number of carbonyl (C=O) groups is 1. The molecule has 1 saturated carbocycles. The van der Waals surface area contributed by atoms with Crippen molar-refractivity contribution >= 4 is 5.91 Å². The van der Waals surface area contributed by atoms with Crippen LogP contribution in [0, 0.1) is 11.8 Å². The molecule has 0 bridgehead atoms. The van der Waals surface area contributed by atoms with Gasteiger partial charge in [-0.15, -0.1) is 0 Å². The molecule has 2 rings (SSSR count). The summed E-state index contributed by atoms with van der Waals surface area (Å²) in [5.74, 6) is 0.850. The Morgan fingerprint density at radius 3 is 2.84 bits per heavy atom. The Morgan fingerprint density at radius 2 is 2.26 bits per heavy atom. The van der Waals surface area contributed by atoms with Crippen molar-refractivity contribution in [3.63, 3.8) is 0 Å². The highest BCUT2D eigenvalue weighted by atomic mass is 16.3. The molecule has 1 amide bonds. The van der Waals surface area contributed by atoms with Crippen molar-refractivity contribution < 1.29 is 9.90 Å². The lowest BCUT2D eigenvalue weighted by Gasteiger charge is -2.25. The summed E-state index contributed by atoms with van der Waals surface area (Å²) in [5, 5.41) is 9.49. The first kappa shape index (κ1) is 13.9. The smallest absolute Gasteiger partial charge is 0.226 e. The number of amides is 1. The molecule has 1 atom stereocenters. The number of rotatable bonds is 6. The van der Waals surface area contributed by atoms with Gasteiger partial charge in [0.25, 0.3) is 0 Å². The van der Waals surface area contributed by atoms with Gasteiger partial charge in [0.15, 0.2) is 0 Å². The van der Waals surface area contributed by atoms with Gasteiger partial charge in [-0.1, -0.05) is 19.1 Å². The molecule has 1 fully saturated rings. The summed E-state index contributed by atoms with van der Waals surface area (Å²) in [6.07, 6.45) is 2.42. The SMILES string of the molecule is CC(CN)C(=O)N(Cc1cccc(O)c1)CC1CC1. The lowest BCUT2D eigenvalue weighted by Crippen LogP contribution is -2.38. The molecule has 19 heavy (non-hydrogen) atoms. The van der Waals surface area contributed by atoms with Gasteiger partial charge in [0.1, 0.15) is 5.75 Å². The predicted molar refractivity (Wildman–Crippen MR) is 74.5 cm³/mol. The number of nitrogens with zero attached hydrogens (tertiary/aromatic N) is 1. The minimum absolute atomic E-state index is 0.109. The number of hydrogen-bond donors (Lipinski definition) is 2. The highest BCUT2D eigenvalue weighted by Crippen LogP contribution is 2.30. The van der Waals surface area contributed by atoms with Crippen LogP contribution in [0.5, 0.6) is 5.75 Å². The second-order valence-electron chi connectivity index (χ2n) is 5.47. The average molecular weight is 262 g/mol. The second kappa shape index (κ2) is 6.06. The normalized spacial score (nSPS) is 16.1. The Hall–Kier alpha value is -1.55. The molecule has 0 saturated heterocycles. The third-order valence-corrected chi connectivity index (χ3v) is 3.55. The van der Waals surface area contributed by atoms with Gasteiger partial charge in [0.2, 0.25) is 5.91 Å². The molecule has 104 valence electrons. The Labute approximate surface area is 114 Å². The highest BCUT2D eigenvalue weighted by molar-refractivity contribution is 5.78. The van der Waals surface area contributed by atoms with E-state index < -0.39 is 0 Å². The number of nitrogens with two attached hydrogens (primary N) is 1. The van der Waals surface area contributed by atoms with Crippen LogP contribution in [0.1, 0.15) is 25.3 Å². The second-order valence-corrected chi connectivity index (χ2v) is 5.47. The maximum atomic E-state index is 12.3. The van der Waals surface area contributed by atoms with Gasteiger partial charge < -0.3 is 15.7 Å². The van der Waals surface area contributed by atoms with Crippen molar-refractivity contribution in [2.75, 3.05) is 13.1 Å². The van der Waals surface area contributed by atoms with Crippen LogP contribution in [-0.4, -0.2) is 29.0 Å². The molecule has 0 radical (unpaired) electrons. The summed E-state index contributed by atoms with van der Waals surface area (Å²) in [7, 11) is 0. The van der Waals surface area contributed by atoms with Gasteiger partial charge in [-0.25, -0.2) is 0 Å². The molecule has 1 aromatic rings. The average Bonchev–Trinajstić information content (AvgIpc) is 3.20. The monoisotopic (exact) mass is 262 g/mol. The van der Waals surface area contributed by atoms with Crippen LogP contribution in [0.3, 0.4) is 0 Å². The van der Waals surface area contributed by atoms with Gasteiger partial charge in [0, 0.05) is 25.6 Å². The number of benzene rings is 1. The lowest BCUT2D eigenvalue weighted by atomic mass is 10.1. The van der Waals surface area contributed by atoms with Crippen LogP contribution in [0.25, 0.3) is 0 Å². The van der Waals surface area contributed by atoms with Crippen LogP contribution in [0.15, 0.2) is 24.3 Å². The standard InChI is InChI=1S/C15H22N2O2/c1-11(8-16)15(19)17(9-12-5-6-12)10-13-3-2-4-14(18)7-13/h2-4,7,11-12,18H,5-6,8-10,16H2,1H3. The Bertz CT molecular complexity index is 444. The summed E-state index contributed by atoms with van der Waals surface area (Å²) in [6, 6.07) is 7.08. The molecule has 1 aliphatic rings. The molecule has 1 unspecified atom stereocenters. The number of hydrogen-bond acceptors (Lipinski definition) is 3. The van der Waals surface area contributed by atoms with Crippen molar-refractivity contribution in [2.24, 2.45) is 17.6 Å². The van der Waals surface area contributed by atoms with E-state index in [9.17, 15) is 9.90 Å². The number of phenols is 1. The molecule has 3 N–H and O–H groups in total. The van der Waals surface area contributed by atoms with E-state index in [1.54, 1.807) is 18.2 Å². The van der Waals surface area contributed by atoms with E-state index in [4.69, 9.17) is 5.73 Å². The minimum atomic E-state index is -0.143. The molecule has 1 aromatic carbocycles. The van der Waals surface area contributed by atoms with Gasteiger partial charge in [0.05, 0.1) is 0 Å². The fraction of sp³-hybridized carbons (Fsp3) is 0.533. The zero-order valence-corrected chi connectivity index (χ0v) is 11.4. The fourth-order valence-corrected chi connectivity index (χ4v) is 2.13. The predicted octanol–water partition coefficient (Wildman–Crippen LogP) is 1.73. The third kappa shape index (κ3) is 3.96. The van der Waals surface area contributed by atoms with E-state index in [-0.39, 0.29) is 17.6 Å². The molecule has 4 nitrogen and oxygen atoms in total. The van der Waals surface area contributed by atoms with Crippen LogP contribution < -0.4 is 5.73 Å². The van der Waals surface area contributed by atoms with Crippen molar-refractivity contribution in [1.82, 2.24) is 4.90 Å². The Balaban J connectivity index is 2.06. The molecule has 1 aliphatic carbocycles. The van der Waals surface area contributed by atoms with E-state index >= 15 is 0 Å². The molecular weight excluding hydrogens is 240 g/mol. The molecule has 4 heteroatoms. The zero-order valence-electron chi connectivity index (χ0n) is 11.4. The van der Waals surface area contributed by atoms with E-state index in [1.807, 2.05) is 17.9 Å². The van der Waals surface area contributed by atoms with Crippen molar-refractivity contribution in [1.29, 1.82) is 0 Å². The summed E-state index contributed by atoms with van der Waals surface area (Å²) in [4.78, 5) is 14.2. The first-order chi connectivity index (χ1) is 9.10. The third-order valence-electron chi connectivity index (χ3n) is 3.55. The summed E-state index contributed by atoms with van der Waals surface area (Å²) < 4.78 is 0. The summed E-state index contributed by atoms with van der Waals surface area (Å²) in [5.41, 5.74) is 6.54. The van der Waals surface area contributed by atoms with Gasteiger partial charge in [-0.05, 0) is 36.5 Å². The topological polar surface area (TPSA) is 66.6 Å². The Kier molecular flexibility index (Phi) is 4.43. The lowest BCUT2D eigenvalue weighted by molar-refractivity contribution is -0.135. The van der Waals surface area contributed by atoms with Crippen LogP contribution in [0.2, 0.25) is 0 Å². The highest BCUT2D eigenvalue weighted by Gasteiger charge is 2.28. The zero-order chi connectivity index (χ0) is 13.8. The first-order valence-corrected chi connectivity index (χ1v) is 6.87. The summed E-state index contributed by atoms with van der Waals surface area (Å²) >= 11 is 0. The molecule has 0 heterocycles. The molecule has 0 spiro atoms. The van der Waals surface area contributed by atoms with Crippen LogP contribution in [-0.2, 0) is 11.3 Å². The van der Waals surface area contributed by atoms with Gasteiger partial charge in [-0.2, -0.15) is 0 Å². The van der Waals surface area contributed by atoms with E-state index in [2.05, 4.69) is 0 Å². The van der Waals surface area contributed by atoms with Gasteiger partial charge in [-0.3, -0.25) is 4.79 Å². The Morgan fingerprint density at radius 1 is 1.53 bits per heavy atom. The van der Waals surface area contributed by atoms with Gasteiger partial charge >= 0.3 is 0 Å². The van der Waals surface area contributed by atoms with Crippen LogP contribution >= 0.6 is 0 Å². The van der Waals surface area contributed by atoms with E-state index in [0.29, 0.717) is 19.0 Å². The number of phenolic OH excluding ortho intramolecular Hbond substituents is 1. The van der Waals surface area contributed by atoms with E-state index in [0.717, 1.165) is 12.1 Å². The number of aromatic hydroxyl groups is 1. The van der Waals surface area contributed by atoms with Crippen molar-refractivity contribution in [3.8, 4) is 5.75 Å². The van der Waals surface area contributed by atoms with Crippen LogP contribution in [0.4, 0.5) is 0 Å². The quantitative estimate of drug-likeness (QED) is 0.820. The van der Waals surface area contributed by atoms with Crippen molar-refractivity contribution in [3.05, 3.63) is 29.8 Å². The molecular formula is C15H22N2O2. The molecule has 0 aromatic heterocycles. The number of carbonyl (C=O) groups excluding carboxylic acids is 1. The minimum Gasteiger partial charge on any atom is -0.508 e. The summed E-state index contributed by atoms with van der Waals surface area (Å²) in [6.45, 7) is 3.59. The van der Waals surface area contributed by atoms with Crippen molar-refractivity contribution in [2.45, 2.75) is 26.3 Å². The van der Waals surface area contributed by atoms with E-state index in [1.165, 1.54) is 12.8 Å². The largest absolute Gasteiger partial charge is 0.508 e.